The second kappa shape index (κ2) is 5.49. The van der Waals surface area contributed by atoms with Crippen LogP contribution in [0.5, 0.6) is 0 Å². The lowest BCUT2D eigenvalue weighted by molar-refractivity contribution is 0.629. The molecule has 1 unspecified atom stereocenters. The highest BCUT2D eigenvalue weighted by Crippen LogP contribution is 2.33. The van der Waals surface area contributed by atoms with Gasteiger partial charge in [0.1, 0.15) is 0 Å². The van der Waals surface area contributed by atoms with Gasteiger partial charge in [0.25, 0.3) is 0 Å². The highest BCUT2D eigenvalue weighted by atomic mass is 32.1. The maximum absolute atomic E-state index is 4.31. The van der Waals surface area contributed by atoms with E-state index in [4.69, 9.17) is 0 Å². The Labute approximate surface area is 102 Å². The zero-order valence-corrected chi connectivity index (χ0v) is 10.7. The molecular formula is C15H19S. The van der Waals surface area contributed by atoms with Crippen LogP contribution < -0.4 is 0 Å². The summed E-state index contributed by atoms with van der Waals surface area (Å²) in [5.74, 6) is 0.461. The SMILES string of the molecule is [CH2]C(CCCCC)c1csc2ccccc12. The Morgan fingerprint density at radius 1 is 1.25 bits per heavy atom. The van der Waals surface area contributed by atoms with Gasteiger partial charge >= 0.3 is 0 Å². The third kappa shape index (κ3) is 2.46. The van der Waals surface area contributed by atoms with Crippen molar-refractivity contribution in [3.05, 3.63) is 42.1 Å². The third-order valence-corrected chi connectivity index (χ3v) is 4.09. The zero-order valence-electron chi connectivity index (χ0n) is 9.91. The van der Waals surface area contributed by atoms with E-state index >= 15 is 0 Å². The third-order valence-electron chi connectivity index (χ3n) is 3.11. The molecule has 0 saturated heterocycles. The first-order chi connectivity index (χ1) is 7.83. The molecule has 1 aromatic heterocycles. The molecule has 16 heavy (non-hydrogen) atoms. The molecule has 1 heterocycles. The molecule has 0 fully saturated rings. The van der Waals surface area contributed by atoms with Crippen LogP contribution in [0.3, 0.4) is 0 Å². The average molecular weight is 231 g/mol. The van der Waals surface area contributed by atoms with Crippen LogP contribution in [-0.2, 0) is 0 Å². The van der Waals surface area contributed by atoms with Crippen LogP contribution in [0.15, 0.2) is 29.6 Å². The first-order valence-electron chi connectivity index (χ1n) is 6.12. The summed E-state index contributed by atoms with van der Waals surface area (Å²) in [6.07, 6.45) is 5.13. The molecule has 0 spiro atoms. The molecule has 0 bridgehead atoms. The molecular weight excluding hydrogens is 212 g/mol. The summed E-state index contributed by atoms with van der Waals surface area (Å²) in [5.41, 5.74) is 1.44. The highest BCUT2D eigenvalue weighted by Gasteiger charge is 2.10. The van der Waals surface area contributed by atoms with Crippen LogP contribution in [0, 0.1) is 6.92 Å². The van der Waals surface area contributed by atoms with Crippen LogP contribution in [0.4, 0.5) is 0 Å². The predicted octanol–water partition coefficient (Wildman–Crippen LogP) is 5.40. The summed E-state index contributed by atoms with van der Waals surface area (Å²) >= 11 is 1.84. The Morgan fingerprint density at radius 3 is 2.88 bits per heavy atom. The Kier molecular flexibility index (Phi) is 4.00. The van der Waals surface area contributed by atoms with Gasteiger partial charge in [-0.05, 0) is 41.7 Å². The summed E-state index contributed by atoms with van der Waals surface area (Å²) in [4.78, 5) is 0. The molecule has 1 atom stereocenters. The lowest BCUT2D eigenvalue weighted by Crippen LogP contribution is -1.92. The van der Waals surface area contributed by atoms with Gasteiger partial charge in [0.2, 0.25) is 0 Å². The van der Waals surface area contributed by atoms with E-state index in [-0.39, 0.29) is 0 Å². The number of fused-ring (bicyclic) bond motifs is 1. The minimum atomic E-state index is 0.461. The molecule has 0 aliphatic rings. The largest absolute Gasteiger partial charge is 0.144 e. The second-order valence-electron chi connectivity index (χ2n) is 4.38. The molecule has 0 aliphatic heterocycles. The van der Waals surface area contributed by atoms with E-state index in [1.165, 1.54) is 41.3 Å². The highest BCUT2D eigenvalue weighted by molar-refractivity contribution is 7.17. The van der Waals surface area contributed by atoms with E-state index in [9.17, 15) is 0 Å². The first-order valence-corrected chi connectivity index (χ1v) is 7.00. The van der Waals surface area contributed by atoms with E-state index in [1.54, 1.807) is 0 Å². The zero-order chi connectivity index (χ0) is 11.4. The van der Waals surface area contributed by atoms with Crippen LogP contribution in [0.25, 0.3) is 10.1 Å². The van der Waals surface area contributed by atoms with Crippen molar-refractivity contribution in [2.75, 3.05) is 0 Å². The van der Waals surface area contributed by atoms with Gasteiger partial charge in [0.15, 0.2) is 0 Å². The minimum Gasteiger partial charge on any atom is -0.144 e. The number of thiophene rings is 1. The summed E-state index contributed by atoms with van der Waals surface area (Å²) in [6, 6.07) is 8.65. The van der Waals surface area contributed by atoms with E-state index in [1.807, 2.05) is 11.3 Å². The summed E-state index contributed by atoms with van der Waals surface area (Å²) < 4.78 is 1.39. The second-order valence-corrected chi connectivity index (χ2v) is 5.29. The van der Waals surface area contributed by atoms with Crippen LogP contribution in [-0.4, -0.2) is 0 Å². The van der Waals surface area contributed by atoms with Crippen LogP contribution in [0.1, 0.15) is 44.1 Å². The molecule has 0 aliphatic carbocycles. The van der Waals surface area contributed by atoms with Gasteiger partial charge in [-0.25, -0.2) is 0 Å². The van der Waals surface area contributed by atoms with Gasteiger partial charge in [-0.3, -0.25) is 0 Å². The number of unbranched alkanes of at least 4 members (excludes halogenated alkanes) is 2. The van der Waals surface area contributed by atoms with Crippen molar-refractivity contribution in [1.82, 2.24) is 0 Å². The summed E-state index contributed by atoms with van der Waals surface area (Å²) in [7, 11) is 0. The molecule has 2 rings (SSSR count). The normalized spacial score (nSPS) is 13.1. The quantitative estimate of drug-likeness (QED) is 0.604. The number of rotatable bonds is 5. The van der Waals surface area contributed by atoms with Gasteiger partial charge < -0.3 is 0 Å². The maximum Gasteiger partial charge on any atom is 0.0345 e. The molecule has 0 nitrogen and oxygen atoms in total. The van der Waals surface area contributed by atoms with Crippen molar-refractivity contribution < 1.29 is 0 Å². The molecule has 1 radical (unpaired) electrons. The van der Waals surface area contributed by atoms with Crippen molar-refractivity contribution in [2.24, 2.45) is 0 Å². The van der Waals surface area contributed by atoms with E-state index in [2.05, 4.69) is 43.5 Å². The number of benzene rings is 1. The van der Waals surface area contributed by atoms with Gasteiger partial charge in [-0.15, -0.1) is 11.3 Å². The average Bonchev–Trinajstić information content (AvgIpc) is 2.73. The number of hydrogen-bond donors (Lipinski definition) is 0. The van der Waals surface area contributed by atoms with E-state index in [0.29, 0.717) is 5.92 Å². The van der Waals surface area contributed by atoms with E-state index < -0.39 is 0 Å². The first kappa shape index (κ1) is 11.7. The van der Waals surface area contributed by atoms with Crippen LogP contribution in [0.2, 0.25) is 0 Å². The Bertz CT molecular complexity index is 441. The van der Waals surface area contributed by atoms with Gasteiger partial charge in [-0.1, -0.05) is 44.4 Å². The molecule has 0 N–H and O–H groups in total. The topological polar surface area (TPSA) is 0 Å². The van der Waals surface area contributed by atoms with Gasteiger partial charge in [0, 0.05) is 4.70 Å². The van der Waals surface area contributed by atoms with Crippen molar-refractivity contribution in [1.29, 1.82) is 0 Å². The van der Waals surface area contributed by atoms with Crippen molar-refractivity contribution in [3.8, 4) is 0 Å². The monoisotopic (exact) mass is 231 g/mol. The lowest BCUT2D eigenvalue weighted by Gasteiger charge is -2.09. The molecule has 1 aromatic carbocycles. The minimum absolute atomic E-state index is 0.461. The fourth-order valence-electron chi connectivity index (χ4n) is 2.11. The smallest absolute Gasteiger partial charge is 0.0345 e. The predicted molar refractivity (Wildman–Crippen MR) is 74.1 cm³/mol. The summed E-state index contributed by atoms with van der Waals surface area (Å²) in [5, 5.41) is 3.69. The van der Waals surface area contributed by atoms with Crippen molar-refractivity contribution in [3.63, 3.8) is 0 Å². The van der Waals surface area contributed by atoms with Crippen molar-refractivity contribution in [2.45, 2.75) is 38.5 Å². The fraction of sp³-hybridized carbons (Fsp3) is 0.400. The van der Waals surface area contributed by atoms with Gasteiger partial charge in [0.05, 0.1) is 0 Å². The Hall–Kier alpha value is -0.820. The molecule has 2 aromatic rings. The maximum atomic E-state index is 4.31. The van der Waals surface area contributed by atoms with Crippen LogP contribution >= 0.6 is 11.3 Å². The molecule has 0 amide bonds. The molecule has 1 heteroatoms. The number of hydrogen-bond acceptors (Lipinski definition) is 1. The van der Waals surface area contributed by atoms with Gasteiger partial charge in [-0.2, -0.15) is 0 Å². The molecule has 85 valence electrons. The molecule has 0 saturated carbocycles. The van der Waals surface area contributed by atoms with Crippen molar-refractivity contribution >= 4 is 21.4 Å². The Balaban J connectivity index is 2.13. The van der Waals surface area contributed by atoms with E-state index in [0.717, 1.165) is 0 Å². The Morgan fingerprint density at radius 2 is 2.06 bits per heavy atom. The summed E-state index contributed by atoms with van der Waals surface area (Å²) in [6.45, 7) is 6.56. The fourth-order valence-corrected chi connectivity index (χ4v) is 3.15. The lowest BCUT2D eigenvalue weighted by atomic mass is 9.95. The standard InChI is InChI=1S/C15H19S/c1-3-4-5-8-12(2)14-11-16-15-10-7-6-9-13(14)15/h6-7,9-12H,2-5,8H2,1H3.